The molecule has 0 bridgehead atoms. The number of aromatic nitrogens is 1. The molecule has 0 radical (unpaired) electrons. The molecule has 0 fully saturated rings. The summed E-state index contributed by atoms with van der Waals surface area (Å²) >= 11 is 0. The zero-order chi connectivity index (χ0) is 15.1. The van der Waals surface area contributed by atoms with Crippen LogP contribution in [0, 0.1) is 6.92 Å². The van der Waals surface area contributed by atoms with Crippen molar-refractivity contribution in [3.63, 3.8) is 0 Å². The van der Waals surface area contributed by atoms with Gasteiger partial charge in [0.1, 0.15) is 18.5 Å². The lowest BCUT2D eigenvalue weighted by molar-refractivity contribution is 0.107. The maximum atomic E-state index is 10.1. The van der Waals surface area contributed by atoms with Gasteiger partial charge in [-0.25, -0.2) is 0 Å². The van der Waals surface area contributed by atoms with Crippen LogP contribution in [0.2, 0.25) is 0 Å². The summed E-state index contributed by atoms with van der Waals surface area (Å²) in [5, 5.41) is 13.4. The van der Waals surface area contributed by atoms with Crippen LogP contribution < -0.4 is 10.1 Å². The van der Waals surface area contributed by atoms with Crippen molar-refractivity contribution in [2.45, 2.75) is 26.5 Å². The number of hydrogen-bond donors (Lipinski definition) is 2. The number of ether oxygens (including phenoxy) is 1. The van der Waals surface area contributed by atoms with E-state index in [0.29, 0.717) is 6.54 Å². The van der Waals surface area contributed by atoms with Crippen molar-refractivity contribution in [3.8, 4) is 5.75 Å². The van der Waals surface area contributed by atoms with Crippen LogP contribution in [0.3, 0.4) is 0 Å². The minimum atomic E-state index is -0.639. The molecule has 21 heavy (non-hydrogen) atoms. The van der Waals surface area contributed by atoms with Crippen molar-refractivity contribution in [1.82, 2.24) is 10.3 Å². The van der Waals surface area contributed by atoms with Crippen LogP contribution in [-0.4, -0.2) is 23.2 Å². The zero-order valence-electron chi connectivity index (χ0n) is 12.5. The lowest BCUT2D eigenvalue weighted by Gasteiger charge is -2.15. The molecule has 1 unspecified atom stereocenters. The standard InChI is InChI=1S/C17H22N2O2/c1-3-18-11-15-17(10-9-13(2)19-15)21-12-16(20)14-7-5-4-6-8-14/h4-10,16,18,20H,3,11-12H2,1-2H3. The van der Waals surface area contributed by atoms with Gasteiger partial charge in [0.25, 0.3) is 0 Å². The monoisotopic (exact) mass is 286 g/mol. The van der Waals surface area contributed by atoms with E-state index in [1.807, 2.05) is 49.4 Å². The van der Waals surface area contributed by atoms with Crippen molar-refractivity contribution in [2.24, 2.45) is 0 Å². The zero-order valence-corrected chi connectivity index (χ0v) is 12.5. The third kappa shape index (κ3) is 4.55. The molecule has 0 saturated heterocycles. The number of benzene rings is 1. The highest BCUT2D eigenvalue weighted by Gasteiger charge is 2.11. The second-order valence-corrected chi connectivity index (χ2v) is 4.92. The number of aliphatic hydroxyl groups excluding tert-OH is 1. The highest BCUT2D eigenvalue weighted by Crippen LogP contribution is 2.20. The predicted molar refractivity (Wildman–Crippen MR) is 83.3 cm³/mol. The molecule has 1 atom stereocenters. The Kier molecular flexibility index (Phi) is 5.72. The Balaban J connectivity index is 2.02. The Labute approximate surface area is 125 Å². The van der Waals surface area contributed by atoms with Crippen molar-refractivity contribution < 1.29 is 9.84 Å². The molecule has 4 nitrogen and oxygen atoms in total. The molecule has 0 saturated carbocycles. The van der Waals surface area contributed by atoms with Gasteiger partial charge in [0.05, 0.1) is 5.69 Å². The first-order valence-corrected chi connectivity index (χ1v) is 7.23. The van der Waals surface area contributed by atoms with Crippen LogP contribution in [0.15, 0.2) is 42.5 Å². The molecule has 0 amide bonds. The van der Waals surface area contributed by atoms with Crippen LogP contribution in [0.25, 0.3) is 0 Å². The molecular formula is C17H22N2O2. The first kappa shape index (κ1) is 15.5. The summed E-state index contributed by atoms with van der Waals surface area (Å²) in [5.41, 5.74) is 2.68. The molecule has 1 aromatic carbocycles. The number of hydrogen-bond acceptors (Lipinski definition) is 4. The topological polar surface area (TPSA) is 54.4 Å². The first-order valence-electron chi connectivity index (χ1n) is 7.23. The number of rotatable bonds is 7. The number of nitrogens with one attached hydrogen (secondary N) is 1. The number of aryl methyl sites for hydroxylation is 1. The molecule has 112 valence electrons. The van der Waals surface area contributed by atoms with E-state index in [1.54, 1.807) is 0 Å². The molecule has 2 aromatic rings. The Hall–Kier alpha value is -1.91. The number of aliphatic hydroxyl groups is 1. The highest BCUT2D eigenvalue weighted by molar-refractivity contribution is 5.29. The van der Waals surface area contributed by atoms with Crippen molar-refractivity contribution in [2.75, 3.05) is 13.2 Å². The molecule has 2 rings (SSSR count). The maximum absolute atomic E-state index is 10.1. The highest BCUT2D eigenvalue weighted by atomic mass is 16.5. The second kappa shape index (κ2) is 7.76. The van der Waals surface area contributed by atoms with E-state index in [0.717, 1.165) is 29.2 Å². The lowest BCUT2D eigenvalue weighted by Crippen LogP contribution is -2.16. The fraction of sp³-hybridized carbons (Fsp3) is 0.353. The summed E-state index contributed by atoms with van der Waals surface area (Å²) in [4.78, 5) is 4.49. The van der Waals surface area contributed by atoms with Crippen LogP contribution in [0.1, 0.15) is 30.0 Å². The van der Waals surface area contributed by atoms with Crippen LogP contribution in [-0.2, 0) is 6.54 Å². The summed E-state index contributed by atoms with van der Waals surface area (Å²) in [5.74, 6) is 0.719. The average molecular weight is 286 g/mol. The summed E-state index contributed by atoms with van der Waals surface area (Å²) in [6.45, 7) is 5.76. The van der Waals surface area contributed by atoms with Gasteiger partial charge in [-0.2, -0.15) is 0 Å². The third-order valence-corrected chi connectivity index (χ3v) is 3.20. The summed E-state index contributed by atoms with van der Waals surface area (Å²) in [7, 11) is 0. The first-order chi connectivity index (χ1) is 10.2. The Morgan fingerprint density at radius 2 is 1.95 bits per heavy atom. The molecule has 4 heteroatoms. The molecule has 0 aliphatic rings. The fourth-order valence-corrected chi connectivity index (χ4v) is 2.04. The molecule has 1 heterocycles. The molecule has 0 aliphatic heterocycles. The summed E-state index contributed by atoms with van der Waals surface area (Å²) < 4.78 is 5.75. The SMILES string of the molecule is CCNCc1nc(C)ccc1OCC(O)c1ccccc1. The Morgan fingerprint density at radius 1 is 1.19 bits per heavy atom. The van der Waals surface area contributed by atoms with Gasteiger partial charge in [-0.1, -0.05) is 37.3 Å². The summed E-state index contributed by atoms with van der Waals surface area (Å²) in [6, 6.07) is 13.3. The smallest absolute Gasteiger partial charge is 0.142 e. The van der Waals surface area contributed by atoms with Gasteiger partial charge in [-0.15, -0.1) is 0 Å². The molecular weight excluding hydrogens is 264 g/mol. The molecule has 2 N–H and O–H groups in total. The second-order valence-electron chi connectivity index (χ2n) is 4.92. The van der Waals surface area contributed by atoms with Gasteiger partial charge < -0.3 is 15.2 Å². The van der Waals surface area contributed by atoms with E-state index < -0.39 is 6.10 Å². The van der Waals surface area contributed by atoms with Crippen molar-refractivity contribution in [3.05, 3.63) is 59.4 Å². The van der Waals surface area contributed by atoms with Gasteiger partial charge in [0, 0.05) is 12.2 Å². The van der Waals surface area contributed by atoms with E-state index in [-0.39, 0.29) is 6.61 Å². The van der Waals surface area contributed by atoms with Gasteiger partial charge >= 0.3 is 0 Å². The van der Waals surface area contributed by atoms with E-state index in [4.69, 9.17) is 4.74 Å². The molecule has 0 spiro atoms. The third-order valence-electron chi connectivity index (χ3n) is 3.20. The van der Waals surface area contributed by atoms with Crippen molar-refractivity contribution in [1.29, 1.82) is 0 Å². The fourth-order valence-electron chi connectivity index (χ4n) is 2.04. The van der Waals surface area contributed by atoms with Gasteiger partial charge in [-0.3, -0.25) is 4.98 Å². The minimum Gasteiger partial charge on any atom is -0.489 e. The Morgan fingerprint density at radius 3 is 2.67 bits per heavy atom. The van der Waals surface area contributed by atoms with Crippen molar-refractivity contribution >= 4 is 0 Å². The van der Waals surface area contributed by atoms with E-state index in [1.165, 1.54) is 0 Å². The maximum Gasteiger partial charge on any atom is 0.142 e. The van der Waals surface area contributed by atoms with E-state index in [9.17, 15) is 5.11 Å². The average Bonchev–Trinajstić information content (AvgIpc) is 2.52. The van der Waals surface area contributed by atoms with E-state index in [2.05, 4.69) is 17.2 Å². The lowest BCUT2D eigenvalue weighted by atomic mass is 10.1. The van der Waals surface area contributed by atoms with Crippen LogP contribution in [0.4, 0.5) is 0 Å². The van der Waals surface area contributed by atoms with Gasteiger partial charge in [0.2, 0.25) is 0 Å². The van der Waals surface area contributed by atoms with Gasteiger partial charge in [-0.05, 0) is 31.2 Å². The number of nitrogens with zero attached hydrogens (tertiary/aromatic N) is 1. The minimum absolute atomic E-state index is 0.216. The molecule has 0 aliphatic carbocycles. The van der Waals surface area contributed by atoms with E-state index >= 15 is 0 Å². The summed E-state index contributed by atoms with van der Waals surface area (Å²) in [6.07, 6.45) is -0.639. The Bertz CT molecular complexity index is 558. The quantitative estimate of drug-likeness (QED) is 0.821. The van der Waals surface area contributed by atoms with Crippen LogP contribution in [0.5, 0.6) is 5.75 Å². The number of pyridine rings is 1. The molecule has 1 aromatic heterocycles. The normalized spacial score (nSPS) is 12.1. The van der Waals surface area contributed by atoms with Crippen LogP contribution >= 0.6 is 0 Å². The predicted octanol–water partition coefficient (Wildman–Crippen LogP) is 2.61. The largest absolute Gasteiger partial charge is 0.489 e. The van der Waals surface area contributed by atoms with Gasteiger partial charge in [0.15, 0.2) is 0 Å².